The third kappa shape index (κ3) is 5.44. The van der Waals surface area contributed by atoms with Crippen LogP contribution in [0.4, 0.5) is 8.78 Å². The lowest BCUT2D eigenvalue weighted by molar-refractivity contribution is -0.129. The van der Waals surface area contributed by atoms with Gasteiger partial charge in [0, 0.05) is 30.0 Å². The predicted octanol–water partition coefficient (Wildman–Crippen LogP) is 4.76. The molecule has 10 heteroatoms. The molecule has 0 saturated heterocycles. The average Bonchev–Trinajstić information content (AvgIpc) is 3.27. The van der Waals surface area contributed by atoms with Gasteiger partial charge >= 0.3 is 5.97 Å². The molecule has 0 unspecified atom stereocenters. The molecule has 0 spiro atoms. The highest BCUT2D eigenvalue weighted by atomic mass is 19.3. The fourth-order valence-corrected chi connectivity index (χ4v) is 4.65. The maximum absolute atomic E-state index is 13.7. The Bertz CT molecular complexity index is 1210. The van der Waals surface area contributed by atoms with Crippen LogP contribution in [0, 0.1) is 6.92 Å². The fraction of sp³-hybridized carbons (Fsp3) is 0.462. The zero-order valence-corrected chi connectivity index (χ0v) is 20.4. The molecule has 1 heterocycles. The first-order valence-electron chi connectivity index (χ1n) is 11.7. The zero-order chi connectivity index (χ0) is 26.0. The summed E-state index contributed by atoms with van der Waals surface area (Å²) in [7, 11) is 3.03. The number of hydrogen-bond acceptors (Lipinski definition) is 6. The first-order valence-corrected chi connectivity index (χ1v) is 11.7. The van der Waals surface area contributed by atoms with Gasteiger partial charge in [0.05, 0.1) is 32.4 Å². The summed E-state index contributed by atoms with van der Waals surface area (Å²) in [6, 6.07) is 8.23. The Hall–Kier alpha value is -3.24. The van der Waals surface area contributed by atoms with Gasteiger partial charge < -0.3 is 24.4 Å². The van der Waals surface area contributed by atoms with Crippen molar-refractivity contribution in [3.63, 3.8) is 0 Å². The lowest BCUT2D eigenvalue weighted by atomic mass is 9.93. The molecule has 2 N–H and O–H groups in total. The van der Waals surface area contributed by atoms with Crippen molar-refractivity contribution in [3.8, 4) is 11.5 Å². The molecule has 1 fully saturated rings. The van der Waals surface area contributed by atoms with E-state index in [1.54, 1.807) is 30.5 Å². The van der Waals surface area contributed by atoms with E-state index < -0.39 is 30.2 Å². The Kier molecular flexibility index (Phi) is 7.46. The number of ether oxygens (including phenoxy) is 3. The van der Waals surface area contributed by atoms with Crippen molar-refractivity contribution >= 4 is 16.9 Å². The minimum Gasteiger partial charge on any atom is -0.496 e. The van der Waals surface area contributed by atoms with Crippen LogP contribution in [0.3, 0.4) is 0 Å². The number of aliphatic hydroxyl groups excluding tert-OH is 1. The van der Waals surface area contributed by atoms with Crippen molar-refractivity contribution in [2.45, 2.75) is 63.4 Å². The average molecular weight is 505 g/mol. The molecule has 0 radical (unpaired) electrons. The largest absolute Gasteiger partial charge is 0.496 e. The number of alkyl halides is 2. The molecule has 1 aliphatic carbocycles. The number of carboxylic acids is 1. The van der Waals surface area contributed by atoms with Gasteiger partial charge in [-0.05, 0) is 43.5 Å². The number of aromatic nitrogens is 2. The van der Waals surface area contributed by atoms with Gasteiger partial charge in [-0.3, -0.25) is 4.68 Å². The molecule has 1 saturated carbocycles. The van der Waals surface area contributed by atoms with Crippen molar-refractivity contribution in [3.05, 3.63) is 53.2 Å². The number of fused-ring (bicyclic) bond motifs is 1. The molecule has 1 aromatic heterocycles. The van der Waals surface area contributed by atoms with Crippen LogP contribution in [0.2, 0.25) is 0 Å². The van der Waals surface area contributed by atoms with Crippen LogP contribution in [0.5, 0.6) is 11.5 Å². The number of hydrogen-bond donors (Lipinski definition) is 2. The first kappa shape index (κ1) is 25.8. The quantitative estimate of drug-likeness (QED) is 0.433. The molecule has 1 aliphatic rings. The summed E-state index contributed by atoms with van der Waals surface area (Å²) >= 11 is 0. The summed E-state index contributed by atoms with van der Waals surface area (Å²) in [5, 5.41) is 25.9. The van der Waals surface area contributed by atoms with Crippen LogP contribution in [0.15, 0.2) is 36.5 Å². The van der Waals surface area contributed by atoms with E-state index in [9.17, 15) is 23.8 Å². The number of carbonyl (C=O) groups is 1. The van der Waals surface area contributed by atoms with Gasteiger partial charge in [0.1, 0.15) is 29.2 Å². The minimum atomic E-state index is -2.71. The molecule has 0 aliphatic heterocycles. The highest BCUT2D eigenvalue weighted by Crippen LogP contribution is 2.37. The molecule has 194 valence electrons. The van der Waals surface area contributed by atoms with Crippen LogP contribution >= 0.6 is 0 Å². The first-order chi connectivity index (χ1) is 17.1. The monoisotopic (exact) mass is 504 g/mol. The van der Waals surface area contributed by atoms with E-state index in [4.69, 9.17) is 14.2 Å². The van der Waals surface area contributed by atoms with E-state index in [0.717, 1.165) is 5.56 Å². The van der Waals surface area contributed by atoms with Gasteiger partial charge in [0.2, 0.25) is 5.92 Å². The Balaban J connectivity index is 1.67. The number of halogens is 2. The second kappa shape index (κ2) is 10.4. The number of benzene rings is 2. The van der Waals surface area contributed by atoms with Gasteiger partial charge in [0.25, 0.3) is 0 Å². The molecule has 2 aromatic carbocycles. The topological polar surface area (TPSA) is 103 Å². The van der Waals surface area contributed by atoms with E-state index in [0.29, 0.717) is 28.0 Å². The van der Waals surface area contributed by atoms with Crippen LogP contribution < -0.4 is 9.47 Å². The molecule has 0 amide bonds. The normalized spacial score (nSPS) is 17.6. The highest BCUT2D eigenvalue weighted by molar-refractivity contribution is 6.01. The van der Waals surface area contributed by atoms with Gasteiger partial charge in [-0.25, -0.2) is 13.6 Å². The second-order valence-electron chi connectivity index (χ2n) is 9.12. The summed E-state index contributed by atoms with van der Waals surface area (Å²) < 4.78 is 46.0. The summed E-state index contributed by atoms with van der Waals surface area (Å²) in [5.41, 5.74) is 1.62. The van der Waals surface area contributed by atoms with Crippen LogP contribution in [-0.2, 0) is 11.3 Å². The van der Waals surface area contributed by atoms with Gasteiger partial charge in [-0.15, -0.1) is 0 Å². The van der Waals surface area contributed by atoms with Gasteiger partial charge in [0.15, 0.2) is 0 Å². The molecule has 3 aromatic rings. The van der Waals surface area contributed by atoms with Crippen molar-refractivity contribution in [1.29, 1.82) is 0 Å². The number of rotatable bonds is 9. The Morgan fingerprint density at radius 2 is 1.83 bits per heavy atom. The molecular formula is C26H30F2N2O6. The molecule has 36 heavy (non-hydrogen) atoms. The van der Waals surface area contributed by atoms with Crippen LogP contribution in [0.25, 0.3) is 10.9 Å². The van der Waals surface area contributed by atoms with Crippen molar-refractivity contribution < 1.29 is 38.0 Å². The third-order valence-corrected chi connectivity index (χ3v) is 6.68. The second-order valence-corrected chi connectivity index (χ2v) is 9.12. The third-order valence-electron chi connectivity index (χ3n) is 6.68. The molecule has 0 bridgehead atoms. The fourth-order valence-electron chi connectivity index (χ4n) is 4.65. The zero-order valence-electron chi connectivity index (χ0n) is 20.4. The standard InChI is InChI=1S/C26H30F2N2O6/c1-15-20(34-2)11-17(12-21(15)35-3)24(31)22(36-18-7-9-26(27,28)10-8-18)14-30-13-16-5-4-6-19(25(32)33)23(16)29-30/h4-6,11-13,18,22,24,31H,7-10,14H2,1-3H3,(H,32,33)/t22-,24+/m0/s1. The summed E-state index contributed by atoms with van der Waals surface area (Å²) in [4.78, 5) is 11.6. The van der Waals surface area contributed by atoms with E-state index in [1.807, 2.05) is 6.92 Å². The van der Waals surface area contributed by atoms with Crippen molar-refractivity contribution in [2.24, 2.45) is 0 Å². The van der Waals surface area contributed by atoms with Crippen LogP contribution in [0.1, 0.15) is 53.3 Å². The smallest absolute Gasteiger partial charge is 0.337 e. The maximum atomic E-state index is 13.7. The Morgan fingerprint density at radius 1 is 1.19 bits per heavy atom. The summed E-state index contributed by atoms with van der Waals surface area (Å²) in [6.07, 6.45) is -1.03. The maximum Gasteiger partial charge on any atom is 0.337 e. The Labute approximate surface area is 207 Å². The number of methoxy groups -OCH3 is 2. The number of aromatic carboxylic acids is 1. The van der Waals surface area contributed by atoms with Crippen molar-refractivity contribution in [2.75, 3.05) is 14.2 Å². The van der Waals surface area contributed by atoms with E-state index in [2.05, 4.69) is 5.10 Å². The molecule has 2 atom stereocenters. The molecular weight excluding hydrogens is 474 g/mol. The summed E-state index contributed by atoms with van der Waals surface area (Å²) in [6.45, 7) is 1.90. The van der Waals surface area contributed by atoms with E-state index in [-0.39, 0.29) is 37.8 Å². The van der Waals surface area contributed by atoms with Gasteiger partial charge in [-0.1, -0.05) is 12.1 Å². The van der Waals surface area contributed by atoms with Crippen molar-refractivity contribution in [1.82, 2.24) is 9.78 Å². The number of aliphatic hydroxyl groups is 1. The minimum absolute atomic E-state index is 0.0618. The molecule has 4 rings (SSSR count). The van der Waals surface area contributed by atoms with E-state index >= 15 is 0 Å². The number of carboxylic acid groups (broad SMARTS) is 1. The predicted molar refractivity (Wildman–Crippen MR) is 128 cm³/mol. The number of nitrogens with zero attached hydrogens (tertiary/aromatic N) is 2. The summed E-state index contributed by atoms with van der Waals surface area (Å²) in [5.74, 6) is -2.76. The van der Waals surface area contributed by atoms with E-state index in [1.165, 1.54) is 25.0 Å². The van der Waals surface area contributed by atoms with Gasteiger partial charge in [-0.2, -0.15) is 5.10 Å². The SMILES string of the molecule is COc1cc([C@@H](O)[C@H](Cn2cc3cccc(C(=O)O)c3n2)OC2CCC(F)(F)CC2)cc(OC)c1C. The molecule has 8 nitrogen and oxygen atoms in total. The van der Waals surface area contributed by atoms with Crippen LogP contribution in [-0.4, -0.2) is 58.3 Å². The Morgan fingerprint density at radius 3 is 2.42 bits per heavy atom. The lowest BCUT2D eigenvalue weighted by Crippen LogP contribution is -2.36. The lowest BCUT2D eigenvalue weighted by Gasteiger charge is -2.33. The highest BCUT2D eigenvalue weighted by Gasteiger charge is 2.37.